The number of hydrogen-bond donors (Lipinski definition) is 4. The number of carbonyl (C=O) groups excluding carboxylic acids is 2. The van der Waals surface area contributed by atoms with Crippen LogP contribution < -0.4 is 0 Å². The summed E-state index contributed by atoms with van der Waals surface area (Å²) in [6.07, 6.45) is 10.2. The van der Waals surface area contributed by atoms with Crippen molar-refractivity contribution in [2.24, 2.45) is 11.3 Å². The van der Waals surface area contributed by atoms with Crippen LogP contribution in [0.15, 0.2) is 70.5 Å². The van der Waals surface area contributed by atoms with E-state index in [1.807, 2.05) is 26.0 Å². The molecule has 1 heterocycles. The monoisotopic (exact) mass is 514 g/mol. The zero-order valence-electron chi connectivity index (χ0n) is 22.6. The van der Waals surface area contributed by atoms with Crippen molar-refractivity contribution in [2.45, 2.75) is 77.8 Å². The molecule has 0 bridgehead atoms. The highest BCUT2D eigenvalue weighted by Crippen LogP contribution is 2.69. The second-order valence-electron chi connectivity index (χ2n) is 10.5. The number of aliphatic hydroxyl groups excluding tert-OH is 2. The second kappa shape index (κ2) is 9.74. The standard InChI is InChI=1S/C29H38O8/c1-8-10-12-14-19(30)18-16-26(4,34)29(35)27(5,25(18)33)23-21(20(31)15-13-11-9-2)22(36-7)17(3)24(32)28(23,6)37-29/h8-11,13,15,23,31,33-35H,12,14,16H2,1-7H3/b10-8+,11-9+,15-13+,21-20+. The van der Waals surface area contributed by atoms with Crippen LogP contribution in [0.2, 0.25) is 0 Å². The zero-order valence-corrected chi connectivity index (χ0v) is 22.6. The molecule has 0 spiro atoms. The lowest BCUT2D eigenvalue weighted by Crippen LogP contribution is -2.65. The van der Waals surface area contributed by atoms with Crippen LogP contribution in [-0.4, -0.2) is 56.1 Å². The van der Waals surface area contributed by atoms with Gasteiger partial charge in [-0.2, -0.15) is 0 Å². The van der Waals surface area contributed by atoms with E-state index in [-0.39, 0.29) is 41.1 Å². The molecule has 1 saturated heterocycles. The van der Waals surface area contributed by atoms with E-state index in [1.54, 1.807) is 18.2 Å². The van der Waals surface area contributed by atoms with Gasteiger partial charge < -0.3 is 29.9 Å². The van der Waals surface area contributed by atoms with Crippen LogP contribution in [0.3, 0.4) is 0 Å². The average molecular weight is 515 g/mol. The van der Waals surface area contributed by atoms with Gasteiger partial charge in [-0.3, -0.25) is 9.59 Å². The molecule has 3 aliphatic rings. The number of fused-ring (bicyclic) bond motifs is 3. The number of allylic oxidation sites excluding steroid dienone is 7. The fourth-order valence-electron chi connectivity index (χ4n) is 6.23. The molecule has 8 nitrogen and oxygen atoms in total. The molecule has 0 aromatic carbocycles. The van der Waals surface area contributed by atoms with E-state index >= 15 is 0 Å². The van der Waals surface area contributed by atoms with E-state index in [4.69, 9.17) is 9.47 Å². The molecule has 0 aromatic heterocycles. The highest BCUT2D eigenvalue weighted by atomic mass is 16.7. The van der Waals surface area contributed by atoms with Crippen LogP contribution in [0.5, 0.6) is 0 Å². The minimum atomic E-state index is -2.49. The predicted octanol–water partition coefficient (Wildman–Crippen LogP) is 4.43. The van der Waals surface area contributed by atoms with E-state index in [0.29, 0.717) is 6.42 Å². The molecule has 202 valence electrons. The number of Topliss-reactive ketones (excluding diaryl/α,β-unsaturated/α-hetero) is 2. The van der Waals surface area contributed by atoms with Crippen molar-refractivity contribution in [2.75, 3.05) is 7.11 Å². The maximum Gasteiger partial charge on any atom is 0.209 e. The summed E-state index contributed by atoms with van der Waals surface area (Å²) in [6.45, 7) is 9.37. The van der Waals surface area contributed by atoms with Gasteiger partial charge in [0.15, 0.2) is 11.6 Å². The maximum absolute atomic E-state index is 13.7. The number of carbonyl (C=O) groups is 2. The number of aliphatic hydroxyl groups is 4. The Morgan fingerprint density at radius 3 is 2.38 bits per heavy atom. The fourth-order valence-corrected chi connectivity index (χ4v) is 6.23. The number of ketones is 2. The Labute approximate surface area is 218 Å². The Hall–Kier alpha value is -2.94. The maximum atomic E-state index is 13.7. The third-order valence-corrected chi connectivity index (χ3v) is 8.03. The van der Waals surface area contributed by atoms with Crippen molar-refractivity contribution in [3.63, 3.8) is 0 Å². The molecule has 1 fully saturated rings. The van der Waals surface area contributed by atoms with Gasteiger partial charge in [-0.1, -0.05) is 30.4 Å². The topological polar surface area (TPSA) is 134 Å². The first kappa shape index (κ1) is 28.6. The number of methoxy groups -OCH3 is 1. The number of hydrogen-bond acceptors (Lipinski definition) is 8. The normalized spacial score (nSPS) is 37.6. The molecule has 37 heavy (non-hydrogen) atoms. The van der Waals surface area contributed by atoms with Gasteiger partial charge in [-0.15, -0.1) is 0 Å². The Bertz CT molecular complexity index is 1180. The van der Waals surface area contributed by atoms with E-state index in [9.17, 15) is 30.0 Å². The molecule has 5 unspecified atom stereocenters. The first-order valence-corrected chi connectivity index (χ1v) is 12.4. The number of ether oxygens (including phenoxy) is 2. The molecule has 3 rings (SSSR count). The molecular formula is C29H38O8. The van der Waals surface area contributed by atoms with Gasteiger partial charge in [-0.25, -0.2) is 0 Å². The highest BCUT2D eigenvalue weighted by Gasteiger charge is 2.80. The molecule has 0 radical (unpaired) electrons. The third-order valence-electron chi connectivity index (χ3n) is 8.03. The SMILES string of the molecule is C/C=C/C=C/C(O)=C1/C(OC)=C(C)C(=O)C2(C)OC3(O)C(C)(O)CC(C(=O)CC/C=C/C)=C(O)C3(C)C12. The molecule has 0 aromatic rings. The first-order valence-electron chi connectivity index (χ1n) is 12.4. The summed E-state index contributed by atoms with van der Waals surface area (Å²) in [5.41, 5.74) is -5.56. The van der Waals surface area contributed by atoms with Crippen molar-refractivity contribution < 1.29 is 39.5 Å². The Morgan fingerprint density at radius 1 is 1.16 bits per heavy atom. The quantitative estimate of drug-likeness (QED) is 0.223. The van der Waals surface area contributed by atoms with Crippen molar-refractivity contribution in [3.05, 3.63) is 70.5 Å². The van der Waals surface area contributed by atoms with Gasteiger partial charge in [-0.05, 0) is 54.0 Å². The van der Waals surface area contributed by atoms with Crippen molar-refractivity contribution >= 4 is 11.6 Å². The minimum absolute atomic E-state index is 0.0458. The summed E-state index contributed by atoms with van der Waals surface area (Å²) in [7, 11) is 1.35. The van der Waals surface area contributed by atoms with Crippen LogP contribution in [0.25, 0.3) is 0 Å². The molecular weight excluding hydrogens is 476 g/mol. The van der Waals surface area contributed by atoms with Crippen LogP contribution in [-0.2, 0) is 19.1 Å². The van der Waals surface area contributed by atoms with E-state index in [1.165, 1.54) is 40.9 Å². The second-order valence-corrected chi connectivity index (χ2v) is 10.5. The lowest BCUT2D eigenvalue weighted by molar-refractivity contribution is -0.330. The average Bonchev–Trinajstić information content (AvgIpc) is 3.04. The van der Waals surface area contributed by atoms with Crippen molar-refractivity contribution in [1.82, 2.24) is 0 Å². The summed E-state index contributed by atoms with van der Waals surface area (Å²) in [5, 5.41) is 46.5. The summed E-state index contributed by atoms with van der Waals surface area (Å²) < 4.78 is 11.7. The van der Waals surface area contributed by atoms with Gasteiger partial charge in [0.25, 0.3) is 0 Å². The predicted molar refractivity (Wildman–Crippen MR) is 138 cm³/mol. The fraction of sp³-hybridized carbons (Fsp3) is 0.517. The van der Waals surface area contributed by atoms with E-state index in [0.717, 1.165) is 0 Å². The van der Waals surface area contributed by atoms with Crippen LogP contribution in [0.1, 0.15) is 60.8 Å². The van der Waals surface area contributed by atoms with Gasteiger partial charge in [0.2, 0.25) is 5.79 Å². The largest absolute Gasteiger partial charge is 0.511 e. The smallest absolute Gasteiger partial charge is 0.209 e. The summed E-state index contributed by atoms with van der Waals surface area (Å²) in [4.78, 5) is 26.9. The summed E-state index contributed by atoms with van der Waals surface area (Å²) in [6, 6.07) is 0. The van der Waals surface area contributed by atoms with Crippen LogP contribution >= 0.6 is 0 Å². The Morgan fingerprint density at radius 2 is 1.81 bits per heavy atom. The van der Waals surface area contributed by atoms with Gasteiger partial charge >= 0.3 is 0 Å². The molecule has 5 atom stereocenters. The van der Waals surface area contributed by atoms with Crippen LogP contribution in [0, 0.1) is 11.3 Å². The highest BCUT2D eigenvalue weighted by molar-refractivity contribution is 6.05. The molecule has 0 amide bonds. The zero-order chi connectivity index (χ0) is 28.0. The minimum Gasteiger partial charge on any atom is -0.511 e. The third kappa shape index (κ3) is 3.93. The Balaban J connectivity index is 2.40. The molecule has 0 saturated carbocycles. The summed E-state index contributed by atoms with van der Waals surface area (Å²) in [5.74, 6) is -5.32. The van der Waals surface area contributed by atoms with Crippen molar-refractivity contribution in [3.8, 4) is 0 Å². The molecule has 2 aliphatic carbocycles. The lowest BCUT2D eigenvalue weighted by atomic mass is 9.54. The molecule has 1 aliphatic heterocycles. The van der Waals surface area contributed by atoms with E-state index in [2.05, 4.69) is 0 Å². The first-order chi connectivity index (χ1) is 17.2. The van der Waals surface area contributed by atoms with Gasteiger partial charge in [0.05, 0.1) is 12.5 Å². The van der Waals surface area contributed by atoms with Crippen LogP contribution in [0.4, 0.5) is 0 Å². The molecule has 8 heteroatoms. The van der Waals surface area contributed by atoms with Gasteiger partial charge in [0, 0.05) is 35.5 Å². The van der Waals surface area contributed by atoms with E-state index < -0.39 is 45.6 Å². The van der Waals surface area contributed by atoms with Crippen molar-refractivity contribution in [1.29, 1.82) is 0 Å². The van der Waals surface area contributed by atoms with Gasteiger partial charge in [0.1, 0.15) is 28.5 Å². The number of rotatable bonds is 7. The molecule has 4 N–H and O–H groups in total. The lowest BCUT2D eigenvalue weighted by Gasteiger charge is -2.52. The summed E-state index contributed by atoms with van der Waals surface area (Å²) >= 11 is 0. The Kier molecular flexibility index (Phi) is 7.54.